The molecule has 6 nitrogen and oxygen atoms in total. The minimum Gasteiger partial charge on any atom is -0.309 e. The third-order valence-electron chi connectivity index (χ3n) is 15.5. The van der Waals surface area contributed by atoms with Crippen molar-refractivity contribution in [2.24, 2.45) is 0 Å². The minimum atomic E-state index is 0.677. The number of para-hydroxylation sites is 6. The second-order valence-electron chi connectivity index (χ2n) is 19.7. The van der Waals surface area contributed by atoms with Gasteiger partial charge < -0.3 is 18.3 Å². The first-order valence-electron chi connectivity index (χ1n) is 25.9. The Morgan fingerprint density at radius 1 is 0.237 bits per heavy atom. The molecule has 0 unspecified atom stereocenters. The second-order valence-corrected chi connectivity index (χ2v) is 19.7. The smallest absolute Gasteiger partial charge is 0.160 e. The van der Waals surface area contributed by atoms with Crippen molar-refractivity contribution in [3.05, 3.63) is 267 Å². The zero-order valence-electron chi connectivity index (χ0n) is 41.1. The Bertz CT molecular complexity index is 4890. The summed E-state index contributed by atoms with van der Waals surface area (Å²) in [6, 6.07) is 96.3. The van der Waals surface area contributed by atoms with Gasteiger partial charge in [-0.1, -0.05) is 182 Å². The van der Waals surface area contributed by atoms with Crippen molar-refractivity contribution in [3.8, 4) is 56.7 Å². The number of fused-ring (bicyclic) bond motifs is 14. The molecule has 0 saturated carbocycles. The highest BCUT2D eigenvalue weighted by atomic mass is 15.0. The summed E-state index contributed by atoms with van der Waals surface area (Å²) >= 11 is 0. The molecule has 0 N–H and O–H groups in total. The number of nitrogens with zero attached hydrogens (tertiary/aromatic N) is 6. The van der Waals surface area contributed by atoms with Crippen LogP contribution in [0.2, 0.25) is 0 Å². The summed E-state index contributed by atoms with van der Waals surface area (Å²) in [6.45, 7) is 0. The molecule has 0 aliphatic rings. The number of hydrogen-bond acceptors (Lipinski definition) is 2. The fourth-order valence-electron chi connectivity index (χ4n) is 12.4. The lowest BCUT2D eigenvalue weighted by Crippen LogP contribution is -1.99. The molecule has 6 heteroatoms. The summed E-state index contributed by atoms with van der Waals surface area (Å²) in [5.41, 5.74) is 18.2. The first-order valence-corrected chi connectivity index (χ1v) is 25.9. The van der Waals surface area contributed by atoms with Gasteiger partial charge in [0.25, 0.3) is 0 Å². The average Bonchev–Trinajstić information content (AvgIpc) is 4.33. The van der Waals surface area contributed by atoms with E-state index >= 15 is 0 Å². The Balaban J connectivity index is 1.08. The summed E-state index contributed by atoms with van der Waals surface area (Å²) in [6.07, 6.45) is 0. The van der Waals surface area contributed by atoms with Gasteiger partial charge in [-0.05, 0) is 84.9 Å². The highest BCUT2D eigenvalue weighted by Gasteiger charge is 2.26. The largest absolute Gasteiger partial charge is 0.309 e. The van der Waals surface area contributed by atoms with E-state index in [1.165, 1.54) is 48.9 Å². The molecule has 0 bridgehead atoms. The molecule has 0 spiro atoms. The van der Waals surface area contributed by atoms with Gasteiger partial charge in [0, 0.05) is 82.5 Å². The normalized spacial score (nSPS) is 11.9. The molecular formula is C70H44N6. The maximum atomic E-state index is 5.50. The van der Waals surface area contributed by atoms with Crippen molar-refractivity contribution in [2.45, 2.75) is 0 Å². The number of hydrogen-bond donors (Lipinski definition) is 0. The third kappa shape index (κ3) is 6.22. The maximum Gasteiger partial charge on any atom is 0.160 e. The van der Waals surface area contributed by atoms with E-state index in [1.54, 1.807) is 0 Å². The van der Waals surface area contributed by atoms with Crippen LogP contribution in [0.5, 0.6) is 0 Å². The summed E-state index contributed by atoms with van der Waals surface area (Å²) in [5, 5.41) is 9.52. The van der Waals surface area contributed by atoms with Crippen LogP contribution in [0.25, 0.3) is 144 Å². The van der Waals surface area contributed by atoms with Crippen LogP contribution in [0.1, 0.15) is 0 Å². The molecular weight excluding hydrogens is 925 g/mol. The monoisotopic (exact) mass is 968 g/mol. The molecule has 16 rings (SSSR count). The first-order chi connectivity index (χ1) is 37.7. The van der Waals surface area contributed by atoms with Crippen LogP contribution in [-0.4, -0.2) is 28.2 Å². The molecule has 0 amide bonds. The first kappa shape index (κ1) is 42.2. The van der Waals surface area contributed by atoms with Crippen LogP contribution in [-0.2, 0) is 0 Å². The van der Waals surface area contributed by atoms with Crippen molar-refractivity contribution in [1.29, 1.82) is 0 Å². The van der Waals surface area contributed by atoms with Gasteiger partial charge in [-0.25, -0.2) is 9.97 Å². The van der Waals surface area contributed by atoms with E-state index in [0.29, 0.717) is 5.82 Å². The summed E-state index contributed by atoms with van der Waals surface area (Å²) in [4.78, 5) is 10.7. The number of benzene rings is 11. The quantitative estimate of drug-likeness (QED) is 0.160. The highest BCUT2D eigenvalue weighted by Crippen LogP contribution is 2.47. The standard InChI is InChI=1S/C70H44N6/c1-6-21-45(22-7-1)58-44-59(72-70(71-58)46-23-8-2-9-24-46)55-33-20-34-56-65-64(42-39-53-51-31-16-18-35-60(51)74(68(53)65)48-27-12-4-13-28-48)76(67(55)56)50-37-40-62-57(43-50)66-63(73(62)47-25-10-3-11-26-47)41-38-54-52-32-17-19-36-61(52)75(69(54)66)49-29-14-5-15-30-49/h1-44H. The predicted octanol–water partition coefficient (Wildman–Crippen LogP) is 17.9. The van der Waals surface area contributed by atoms with Crippen LogP contribution in [0.4, 0.5) is 0 Å². The van der Waals surface area contributed by atoms with E-state index in [1.807, 2.05) is 6.07 Å². The summed E-state index contributed by atoms with van der Waals surface area (Å²) in [7, 11) is 0. The van der Waals surface area contributed by atoms with Crippen LogP contribution >= 0.6 is 0 Å². The lowest BCUT2D eigenvalue weighted by Gasteiger charge is -2.14. The van der Waals surface area contributed by atoms with Crippen LogP contribution in [0.3, 0.4) is 0 Å². The molecule has 11 aromatic carbocycles. The van der Waals surface area contributed by atoms with Gasteiger partial charge in [0.1, 0.15) is 0 Å². The fraction of sp³-hybridized carbons (Fsp3) is 0. The molecule has 5 aromatic heterocycles. The Kier molecular flexibility index (Phi) is 9.23. The van der Waals surface area contributed by atoms with Gasteiger partial charge in [-0.3, -0.25) is 0 Å². The van der Waals surface area contributed by atoms with E-state index in [0.717, 1.165) is 89.2 Å². The van der Waals surface area contributed by atoms with Gasteiger partial charge >= 0.3 is 0 Å². The topological polar surface area (TPSA) is 45.5 Å². The number of rotatable bonds is 7. The van der Waals surface area contributed by atoms with Crippen molar-refractivity contribution in [1.82, 2.24) is 28.2 Å². The zero-order chi connectivity index (χ0) is 49.8. The average molecular weight is 969 g/mol. The fourth-order valence-corrected chi connectivity index (χ4v) is 12.4. The van der Waals surface area contributed by atoms with Gasteiger partial charge in [-0.2, -0.15) is 0 Å². The second kappa shape index (κ2) is 16.6. The molecule has 76 heavy (non-hydrogen) atoms. The predicted molar refractivity (Wildman–Crippen MR) is 316 cm³/mol. The summed E-state index contributed by atoms with van der Waals surface area (Å²) < 4.78 is 9.88. The van der Waals surface area contributed by atoms with Crippen LogP contribution in [0.15, 0.2) is 267 Å². The van der Waals surface area contributed by atoms with Crippen molar-refractivity contribution in [2.75, 3.05) is 0 Å². The lowest BCUT2D eigenvalue weighted by molar-refractivity contribution is 1.16. The van der Waals surface area contributed by atoms with Crippen molar-refractivity contribution < 1.29 is 0 Å². The minimum absolute atomic E-state index is 0.677. The third-order valence-corrected chi connectivity index (χ3v) is 15.5. The molecule has 0 aliphatic heterocycles. The van der Waals surface area contributed by atoms with Crippen LogP contribution < -0.4 is 0 Å². The van der Waals surface area contributed by atoms with Crippen molar-refractivity contribution >= 4 is 87.2 Å². The van der Waals surface area contributed by atoms with E-state index in [2.05, 4.69) is 279 Å². The SMILES string of the molecule is c1ccc(-c2cc(-c3cccc4c5c(ccc6c7ccccc7n(-c7ccccc7)c65)n(-c5ccc6c(c5)c5c(ccc7c8ccccc8n(-c8ccccc8)c75)n6-c5ccccc5)c34)nc(-c3ccccc3)n2)cc1. The molecule has 5 heterocycles. The Morgan fingerprint density at radius 3 is 1.26 bits per heavy atom. The Hall–Kier alpha value is -10.3. The highest BCUT2D eigenvalue weighted by molar-refractivity contribution is 6.29. The van der Waals surface area contributed by atoms with Crippen molar-refractivity contribution in [3.63, 3.8) is 0 Å². The van der Waals surface area contributed by atoms with Gasteiger partial charge in [0.05, 0.1) is 55.5 Å². The molecule has 0 radical (unpaired) electrons. The van der Waals surface area contributed by atoms with Gasteiger partial charge in [0.2, 0.25) is 0 Å². The molecule has 0 atom stereocenters. The summed E-state index contributed by atoms with van der Waals surface area (Å²) in [5.74, 6) is 0.677. The van der Waals surface area contributed by atoms with E-state index in [4.69, 9.17) is 9.97 Å². The Morgan fingerprint density at radius 2 is 0.671 bits per heavy atom. The number of aromatic nitrogens is 6. The van der Waals surface area contributed by atoms with Crippen LogP contribution in [0, 0.1) is 0 Å². The van der Waals surface area contributed by atoms with Gasteiger partial charge in [0.15, 0.2) is 5.82 Å². The molecule has 16 aromatic rings. The molecule has 354 valence electrons. The van der Waals surface area contributed by atoms with Gasteiger partial charge in [-0.15, -0.1) is 0 Å². The van der Waals surface area contributed by atoms with E-state index in [-0.39, 0.29) is 0 Å². The van der Waals surface area contributed by atoms with E-state index < -0.39 is 0 Å². The molecule has 0 saturated heterocycles. The maximum absolute atomic E-state index is 5.50. The molecule has 0 fully saturated rings. The van der Waals surface area contributed by atoms with E-state index in [9.17, 15) is 0 Å². The molecule has 0 aliphatic carbocycles. The lowest BCUT2D eigenvalue weighted by atomic mass is 10.0. The Labute approximate surface area is 436 Å². The zero-order valence-corrected chi connectivity index (χ0v) is 41.1.